The second kappa shape index (κ2) is 8.93. The molecule has 0 unspecified atom stereocenters. The van der Waals surface area contributed by atoms with Crippen molar-refractivity contribution in [3.05, 3.63) is 59.2 Å². The van der Waals surface area contributed by atoms with Crippen LogP contribution in [0.2, 0.25) is 0 Å². The number of aromatic nitrogens is 2. The maximum Gasteiger partial charge on any atom is 0.0611 e. The minimum Gasteiger partial charge on any atom is -0.394 e. The average Bonchev–Trinajstić information content (AvgIpc) is 3.14. The molecular weight excluding hydrogens is 366 g/mol. The Balaban J connectivity index is 1.27. The van der Waals surface area contributed by atoms with Gasteiger partial charge in [-0.15, -0.1) is 0 Å². The zero-order chi connectivity index (χ0) is 19.4. The molecule has 28 heavy (non-hydrogen) atoms. The van der Waals surface area contributed by atoms with Gasteiger partial charge in [0.1, 0.15) is 0 Å². The van der Waals surface area contributed by atoms with Gasteiger partial charge in [0.05, 0.1) is 12.3 Å². The highest BCUT2D eigenvalue weighted by atomic mass is 32.2. The fourth-order valence-corrected chi connectivity index (χ4v) is 5.86. The summed E-state index contributed by atoms with van der Waals surface area (Å²) in [6.45, 7) is 0.102. The Labute approximate surface area is 172 Å². The number of aryl methyl sites for hydroxylation is 2. The summed E-state index contributed by atoms with van der Waals surface area (Å²) in [7, 11) is 0. The van der Waals surface area contributed by atoms with E-state index in [0.717, 1.165) is 43.0 Å². The molecule has 1 fully saturated rings. The fourth-order valence-electron chi connectivity index (χ4n) is 4.72. The van der Waals surface area contributed by atoms with E-state index in [9.17, 15) is 5.11 Å². The SMILES string of the molecule is N[C@]1(CO)CC[C@H](c2ccc3c(c2)CC[C@H](CSCCc2cnccn2)C3)C1. The highest BCUT2D eigenvalue weighted by Crippen LogP contribution is 2.40. The Bertz CT molecular complexity index is 785. The molecule has 2 aromatic rings. The number of hydrogen-bond donors (Lipinski definition) is 2. The molecule has 1 aromatic heterocycles. The van der Waals surface area contributed by atoms with E-state index in [-0.39, 0.29) is 12.1 Å². The van der Waals surface area contributed by atoms with E-state index in [0.29, 0.717) is 5.92 Å². The molecule has 0 radical (unpaired) electrons. The molecule has 4 rings (SSSR count). The Kier molecular flexibility index (Phi) is 6.34. The topological polar surface area (TPSA) is 72.0 Å². The molecule has 1 aromatic carbocycles. The normalized spacial score (nSPS) is 26.9. The minimum absolute atomic E-state index is 0.102. The Morgan fingerprint density at radius 3 is 2.93 bits per heavy atom. The van der Waals surface area contributed by atoms with Crippen LogP contribution in [0, 0.1) is 5.92 Å². The van der Waals surface area contributed by atoms with Gasteiger partial charge in [-0.3, -0.25) is 9.97 Å². The first-order valence-electron chi connectivity index (χ1n) is 10.5. The van der Waals surface area contributed by atoms with Crippen LogP contribution >= 0.6 is 11.8 Å². The monoisotopic (exact) mass is 397 g/mol. The van der Waals surface area contributed by atoms with Crippen molar-refractivity contribution in [1.29, 1.82) is 0 Å². The highest BCUT2D eigenvalue weighted by molar-refractivity contribution is 7.99. The number of rotatable bonds is 7. The standard InChI is InChI=1S/C23H31N3OS/c24-23(16-27)7-5-21(13-23)20-4-3-18-11-17(1-2-19(18)12-20)15-28-10-6-22-14-25-8-9-26-22/h3-4,8-9,12,14,17,21,27H,1-2,5-7,10-11,13,15-16,24H2/t17-,21-,23+/m0/s1. The van der Waals surface area contributed by atoms with Gasteiger partial charge >= 0.3 is 0 Å². The molecule has 0 bridgehead atoms. The Morgan fingerprint density at radius 2 is 2.14 bits per heavy atom. The predicted octanol–water partition coefficient (Wildman–Crippen LogP) is 3.51. The van der Waals surface area contributed by atoms with E-state index < -0.39 is 0 Å². The molecule has 4 nitrogen and oxygen atoms in total. The smallest absolute Gasteiger partial charge is 0.0611 e. The van der Waals surface area contributed by atoms with Crippen molar-refractivity contribution in [1.82, 2.24) is 9.97 Å². The Hall–Kier alpha value is -1.43. The van der Waals surface area contributed by atoms with Crippen molar-refractivity contribution in [3.63, 3.8) is 0 Å². The summed E-state index contributed by atoms with van der Waals surface area (Å²) in [4.78, 5) is 8.49. The van der Waals surface area contributed by atoms with Crippen LogP contribution in [-0.4, -0.2) is 38.7 Å². The van der Waals surface area contributed by atoms with Gasteiger partial charge in [-0.1, -0.05) is 18.2 Å². The number of nitrogens with zero attached hydrogens (tertiary/aromatic N) is 2. The lowest BCUT2D eigenvalue weighted by Crippen LogP contribution is -2.40. The number of benzene rings is 1. The molecule has 5 heteroatoms. The largest absolute Gasteiger partial charge is 0.394 e. The molecule has 0 saturated heterocycles. The first-order chi connectivity index (χ1) is 13.6. The summed E-state index contributed by atoms with van der Waals surface area (Å²) < 4.78 is 0. The number of hydrogen-bond acceptors (Lipinski definition) is 5. The molecule has 150 valence electrons. The van der Waals surface area contributed by atoms with Gasteiger partial charge in [0.2, 0.25) is 0 Å². The van der Waals surface area contributed by atoms with Crippen LogP contribution in [0.3, 0.4) is 0 Å². The molecule has 3 N–H and O–H groups in total. The highest BCUT2D eigenvalue weighted by Gasteiger charge is 2.36. The van der Waals surface area contributed by atoms with E-state index in [4.69, 9.17) is 5.73 Å². The van der Waals surface area contributed by atoms with Crippen LogP contribution in [0.15, 0.2) is 36.8 Å². The van der Waals surface area contributed by atoms with E-state index in [1.165, 1.54) is 41.7 Å². The molecule has 2 aliphatic rings. The van der Waals surface area contributed by atoms with E-state index in [1.807, 2.05) is 18.0 Å². The third-order valence-electron chi connectivity index (χ3n) is 6.46. The van der Waals surface area contributed by atoms with Crippen LogP contribution in [0.1, 0.15) is 54.0 Å². The van der Waals surface area contributed by atoms with Crippen molar-refractivity contribution in [2.45, 2.75) is 56.4 Å². The molecule has 1 saturated carbocycles. The van der Waals surface area contributed by atoms with Gasteiger partial charge in [-0.05, 0) is 78.6 Å². The molecule has 1 heterocycles. The second-order valence-electron chi connectivity index (χ2n) is 8.62. The molecule has 2 aliphatic carbocycles. The fraction of sp³-hybridized carbons (Fsp3) is 0.565. The van der Waals surface area contributed by atoms with Gasteiger partial charge in [0.25, 0.3) is 0 Å². The summed E-state index contributed by atoms with van der Waals surface area (Å²) >= 11 is 2.05. The lowest BCUT2D eigenvalue weighted by Gasteiger charge is -2.26. The first kappa shape index (κ1) is 19.9. The molecule has 3 atom stereocenters. The van der Waals surface area contributed by atoms with Gasteiger partial charge < -0.3 is 10.8 Å². The quantitative estimate of drug-likeness (QED) is 0.700. The third kappa shape index (κ3) is 4.76. The zero-order valence-electron chi connectivity index (χ0n) is 16.5. The maximum atomic E-state index is 9.53. The molecule has 0 spiro atoms. The van der Waals surface area contributed by atoms with Crippen LogP contribution in [0.4, 0.5) is 0 Å². The Morgan fingerprint density at radius 1 is 1.21 bits per heavy atom. The molecular formula is C23H31N3OS. The maximum absolute atomic E-state index is 9.53. The van der Waals surface area contributed by atoms with Crippen molar-refractivity contribution >= 4 is 11.8 Å². The summed E-state index contributed by atoms with van der Waals surface area (Å²) in [5.74, 6) is 3.64. The summed E-state index contributed by atoms with van der Waals surface area (Å²) in [6.07, 6.45) is 13.0. The van der Waals surface area contributed by atoms with Gasteiger partial charge in [-0.2, -0.15) is 11.8 Å². The number of aliphatic hydroxyl groups is 1. The molecule has 0 amide bonds. The number of aliphatic hydroxyl groups excluding tert-OH is 1. The minimum atomic E-state index is -0.367. The number of nitrogens with two attached hydrogens (primary N) is 1. The second-order valence-corrected chi connectivity index (χ2v) is 9.77. The lowest BCUT2D eigenvalue weighted by atomic mass is 9.82. The van der Waals surface area contributed by atoms with Crippen LogP contribution < -0.4 is 5.73 Å². The zero-order valence-corrected chi connectivity index (χ0v) is 17.3. The summed E-state index contributed by atoms with van der Waals surface area (Å²) in [5.41, 5.74) is 11.5. The predicted molar refractivity (Wildman–Crippen MR) is 116 cm³/mol. The van der Waals surface area contributed by atoms with Crippen molar-refractivity contribution in [2.75, 3.05) is 18.1 Å². The van der Waals surface area contributed by atoms with Crippen molar-refractivity contribution < 1.29 is 5.11 Å². The van der Waals surface area contributed by atoms with Gasteiger partial charge in [-0.25, -0.2) is 0 Å². The van der Waals surface area contributed by atoms with Crippen LogP contribution in [-0.2, 0) is 19.3 Å². The lowest BCUT2D eigenvalue weighted by molar-refractivity contribution is 0.198. The summed E-state index contributed by atoms with van der Waals surface area (Å²) in [5, 5.41) is 9.53. The third-order valence-corrected chi connectivity index (χ3v) is 7.66. The molecule has 0 aliphatic heterocycles. The average molecular weight is 398 g/mol. The first-order valence-corrected chi connectivity index (χ1v) is 11.6. The number of fused-ring (bicyclic) bond motifs is 1. The van der Waals surface area contributed by atoms with Gasteiger partial charge in [0, 0.05) is 30.6 Å². The van der Waals surface area contributed by atoms with E-state index >= 15 is 0 Å². The van der Waals surface area contributed by atoms with Crippen molar-refractivity contribution in [2.24, 2.45) is 11.7 Å². The summed E-state index contributed by atoms with van der Waals surface area (Å²) in [6, 6.07) is 7.10. The van der Waals surface area contributed by atoms with Crippen LogP contribution in [0.5, 0.6) is 0 Å². The number of thioether (sulfide) groups is 1. The van der Waals surface area contributed by atoms with Crippen molar-refractivity contribution in [3.8, 4) is 0 Å². The van der Waals surface area contributed by atoms with Crippen LogP contribution in [0.25, 0.3) is 0 Å². The van der Waals surface area contributed by atoms with Gasteiger partial charge in [0.15, 0.2) is 0 Å². The van der Waals surface area contributed by atoms with E-state index in [1.54, 1.807) is 12.4 Å². The van der Waals surface area contributed by atoms with E-state index in [2.05, 4.69) is 28.2 Å².